The van der Waals surface area contributed by atoms with E-state index in [-0.39, 0.29) is 5.41 Å². The fraction of sp³-hybridized carbons (Fsp3) is 0.0545. The van der Waals surface area contributed by atoms with Crippen molar-refractivity contribution in [2.24, 2.45) is 0 Å². The van der Waals surface area contributed by atoms with Gasteiger partial charge in [-0.15, -0.1) is 0 Å². The predicted molar refractivity (Wildman–Crippen MR) is 238 cm³/mol. The lowest BCUT2D eigenvalue weighted by atomic mass is 9.81. The average molecular weight is 713 g/mol. The number of benzene rings is 10. The van der Waals surface area contributed by atoms with Crippen molar-refractivity contribution in [3.8, 4) is 44.5 Å². The second-order valence-corrected chi connectivity index (χ2v) is 16.0. The highest BCUT2D eigenvalue weighted by atomic mass is 16.3. The Kier molecular flexibility index (Phi) is 6.46. The third-order valence-electron chi connectivity index (χ3n) is 12.6. The van der Waals surface area contributed by atoms with E-state index in [0.29, 0.717) is 0 Å². The maximum absolute atomic E-state index is 6.31. The Bertz CT molecular complexity index is 3390. The lowest BCUT2D eigenvalue weighted by Crippen LogP contribution is -2.14. The number of hydrogen-bond donors (Lipinski definition) is 0. The van der Waals surface area contributed by atoms with Crippen LogP contribution in [0.2, 0.25) is 0 Å². The van der Waals surface area contributed by atoms with Gasteiger partial charge in [0.05, 0.1) is 0 Å². The molecule has 0 saturated heterocycles. The summed E-state index contributed by atoms with van der Waals surface area (Å²) in [7, 11) is 0. The summed E-state index contributed by atoms with van der Waals surface area (Å²) < 4.78 is 6.31. The Balaban J connectivity index is 1.06. The van der Waals surface area contributed by atoms with Gasteiger partial charge in [-0.1, -0.05) is 153 Å². The molecule has 0 bridgehead atoms. The molecule has 1 aliphatic carbocycles. The van der Waals surface area contributed by atoms with Crippen molar-refractivity contribution in [3.05, 3.63) is 193 Å². The summed E-state index contributed by atoms with van der Waals surface area (Å²) in [6.45, 7) is 4.75. The van der Waals surface area contributed by atoms with E-state index >= 15 is 0 Å². The first kappa shape index (κ1) is 31.4. The van der Waals surface area contributed by atoms with Gasteiger partial charge in [0.1, 0.15) is 11.2 Å². The Hall–Kier alpha value is -6.96. The molecular weight excluding hydrogens is 677 g/mol. The van der Waals surface area contributed by atoms with Crippen LogP contribution in [0.1, 0.15) is 25.0 Å². The van der Waals surface area contributed by atoms with Gasteiger partial charge in [0.15, 0.2) is 0 Å². The maximum Gasteiger partial charge on any atom is 0.136 e. The molecule has 0 radical (unpaired) electrons. The van der Waals surface area contributed by atoms with E-state index in [9.17, 15) is 0 Å². The second-order valence-electron chi connectivity index (χ2n) is 16.0. The van der Waals surface area contributed by atoms with Crippen LogP contribution < -0.4 is 0 Å². The molecule has 1 nitrogen and oxygen atoms in total. The van der Waals surface area contributed by atoms with E-state index in [1.54, 1.807) is 0 Å². The molecule has 11 aromatic rings. The topological polar surface area (TPSA) is 13.1 Å². The fourth-order valence-corrected chi connectivity index (χ4v) is 9.92. The van der Waals surface area contributed by atoms with Crippen LogP contribution in [0.4, 0.5) is 0 Å². The lowest BCUT2D eigenvalue weighted by molar-refractivity contribution is 0.661. The Morgan fingerprint density at radius 3 is 1.66 bits per heavy atom. The lowest BCUT2D eigenvalue weighted by Gasteiger charge is -2.22. The maximum atomic E-state index is 6.31. The van der Waals surface area contributed by atoms with Crippen LogP contribution in [-0.2, 0) is 5.41 Å². The van der Waals surface area contributed by atoms with Crippen molar-refractivity contribution in [1.29, 1.82) is 0 Å². The molecule has 1 aromatic heterocycles. The normalized spacial score (nSPS) is 13.3. The quantitative estimate of drug-likeness (QED) is 0.166. The molecule has 262 valence electrons. The molecule has 0 N–H and O–H groups in total. The third kappa shape index (κ3) is 4.43. The second kappa shape index (κ2) is 11.5. The van der Waals surface area contributed by atoms with E-state index in [2.05, 4.69) is 190 Å². The van der Waals surface area contributed by atoms with Crippen LogP contribution in [0.5, 0.6) is 0 Å². The Morgan fingerprint density at radius 2 is 0.911 bits per heavy atom. The van der Waals surface area contributed by atoms with Crippen molar-refractivity contribution in [2.75, 3.05) is 0 Å². The minimum atomic E-state index is -0.150. The van der Waals surface area contributed by atoms with Gasteiger partial charge in [0.2, 0.25) is 0 Å². The molecule has 0 saturated carbocycles. The van der Waals surface area contributed by atoms with Crippen LogP contribution in [-0.4, -0.2) is 0 Å². The number of para-hydroxylation sites is 1. The van der Waals surface area contributed by atoms with Crippen molar-refractivity contribution in [2.45, 2.75) is 19.3 Å². The molecular formula is C55H36O. The van der Waals surface area contributed by atoms with Gasteiger partial charge in [0.25, 0.3) is 0 Å². The first-order chi connectivity index (χ1) is 27.5. The third-order valence-corrected chi connectivity index (χ3v) is 12.6. The zero-order valence-electron chi connectivity index (χ0n) is 31.2. The fourth-order valence-electron chi connectivity index (χ4n) is 9.92. The molecule has 0 fully saturated rings. The zero-order chi connectivity index (χ0) is 37.1. The number of rotatable bonds is 3. The molecule has 0 atom stereocenters. The Morgan fingerprint density at radius 1 is 0.339 bits per heavy atom. The van der Waals surface area contributed by atoms with E-state index in [1.807, 2.05) is 6.07 Å². The van der Waals surface area contributed by atoms with Crippen LogP contribution in [0.15, 0.2) is 186 Å². The predicted octanol–water partition coefficient (Wildman–Crippen LogP) is 15.5. The van der Waals surface area contributed by atoms with Crippen molar-refractivity contribution < 1.29 is 4.42 Å². The van der Waals surface area contributed by atoms with Gasteiger partial charge < -0.3 is 4.42 Å². The summed E-state index contributed by atoms with van der Waals surface area (Å²) in [4.78, 5) is 0. The van der Waals surface area contributed by atoms with Gasteiger partial charge >= 0.3 is 0 Å². The van der Waals surface area contributed by atoms with Gasteiger partial charge in [-0.3, -0.25) is 0 Å². The number of hydrogen-bond acceptors (Lipinski definition) is 1. The van der Waals surface area contributed by atoms with Gasteiger partial charge in [-0.25, -0.2) is 0 Å². The zero-order valence-corrected chi connectivity index (χ0v) is 31.2. The van der Waals surface area contributed by atoms with Crippen LogP contribution in [0.25, 0.3) is 110 Å². The molecule has 56 heavy (non-hydrogen) atoms. The standard InChI is InChI=1S/C55H36O/c1-55(2)48-26-24-39(31-46(48)47-30-37-25-27-51-54(45(37)32-49(47)55)44-20-9-10-21-50(44)56-51)53-42-18-7-5-16-40(42)52(41-17-6-8-19-43(41)53)38-15-11-14-35(29-38)36-23-22-33-12-3-4-13-34(33)28-36/h3-32H,1-2H3. The largest absolute Gasteiger partial charge is 0.456 e. The van der Waals surface area contributed by atoms with E-state index in [1.165, 1.54) is 109 Å². The monoisotopic (exact) mass is 712 g/mol. The van der Waals surface area contributed by atoms with Crippen LogP contribution in [0, 0.1) is 0 Å². The van der Waals surface area contributed by atoms with Crippen molar-refractivity contribution in [3.63, 3.8) is 0 Å². The molecule has 0 spiro atoms. The van der Waals surface area contributed by atoms with Gasteiger partial charge in [0, 0.05) is 16.2 Å². The number of fused-ring (bicyclic) bond motifs is 11. The average Bonchev–Trinajstić information content (AvgIpc) is 3.73. The van der Waals surface area contributed by atoms with E-state index < -0.39 is 0 Å². The highest BCUT2D eigenvalue weighted by Gasteiger charge is 2.36. The van der Waals surface area contributed by atoms with Crippen molar-refractivity contribution >= 4 is 65.0 Å². The molecule has 1 heterocycles. The summed E-state index contributed by atoms with van der Waals surface area (Å²) in [6, 6.07) is 67.3. The minimum absolute atomic E-state index is 0.150. The molecule has 0 unspecified atom stereocenters. The highest BCUT2D eigenvalue weighted by Crippen LogP contribution is 2.53. The molecule has 1 heteroatoms. The summed E-state index contributed by atoms with van der Waals surface area (Å²) in [5.41, 5.74) is 14.6. The first-order valence-electron chi connectivity index (χ1n) is 19.6. The highest BCUT2D eigenvalue weighted by molar-refractivity contribution is 6.22. The SMILES string of the molecule is CC1(C)c2ccc(-c3c4ccccc4c(-c4cccc(-c5ccc6ccccc6c5)c4)c4ccccc34)cc2-c2cc3ccc4oc5ccccc5c4c3cc21. The van der Waals surface area contributed by atoms with Crippen molar-refractivity contribution in [1.82, 2.24) is 0 Å². The number of furan rings is 1. The molecule has 1 aliphatic rings. The minimum Gasteiger partial charge on any atom is -0.456 e. The first-order valence-corrected chi connectivity index (χ1v) is 19.6. The Labute approximate surface area is 325 Å². The molecule has 12 rings (SSSR count). The van der Waals surface area contributed by atoms with Crippen LogP contribution in [0.3, 0.4) is 0 Å². The summed E-state index contributed by atoms with van der Waals surface area (Å²) in [5, 5.41) is 12.4. The van der Waals surface area contributed by atoms with Gasteiger partial charge in [-0.2, -0.15) is 0 Å². The van der Waals surface area contributed by atoms with E-state index in [0.717, 1.165) is 11.2 Å². The summed E-state index contributed by atoms with van der Waals surface area (Å²) in [6.07, 6.45) is 0. The van der Waals surface area contributed by atoms with Crippen LogP contribution >= 0.6 is 0 Å². The van der Waals surface area contributed by atoms with Gasteiger partial charge in [-0.05, 0) is 141 Å². The molecule has 0 amide bonds. The molecule has 10 aromatic carbocycles. The smallest absolute Gasteiger partial charge is 0.136 e. The summed E-state index contributed by atoms with van der Waals surface area (Å²) in [5.74, 6) is 0. The summed E-state index contributed by atoms with van der Waals surface area (Å²) >= 11 is 0. The molecule has 0 aliphatic heterocycles. The van der Waals surface area contributed by atoms with E-state index in [4.69, 9.17) is 4.42 Å².